The largest absolute Gasteiger partial charge is 0.462 e. The van der Waals surface area contributed by atoms with Gasteiger partial charge < -0.3 is 14.4 Å². The first-order valence-electron chi connectivity index (χ1n) is 6.75. The number of rotatable bonds is 9. The molecule has 0 aromatic carbocycles. The fourth-order valence-corrected chi connectivity index (χ4v) is 4.09. The Hall–Kier alpha value is -0.570. The summed E-state index contributed by atoms with van der Waals surface area (Å²) in [7, 11) is -3.08. The predicted molar refractivity (Wildman–Crippen MR) is 82.0 cm³/mol. The standard InChI is InChI=1S/C12H19Cl2NO6S/c13-7-11(16)15(10-1-6-22(18,19)9-10)2-3-20-4-5-21-12(17)8-14/h10H,1-9H2. The molecule has 1 aliphatic rings. The molecule has 1 atom stereocenters. The van der Waals surface area contributed by atoms with Crippen LogP contribution in [0.25, 0.3) is 0 Å². The van der Waals surface area contributed by atoms with E-state index in [0.717, 1.165) is 0 Å². The third-order valence-corrected chi connectivity index (χ3v) is 5.36. The van der Waals surface area contributed by atoms with Crippen molar-refractivity contribution in [3.8, 4) is 0 Å². The normalized spacial score (nSPS) is 19.8. The molecular weight excluding hydrogens is 357 g/mol. The monoisotopic (exact) mass is 375 g/mol. The molecule has 7 nitrogen and oxygen atoms in total. The maximum Gasteiger partial charge on any atom is 0.320 e. The van der Waals surface area contributed by atoms with Crippen molar-refractivity contribution in [1.82, 2.24) is 4.90 Å². The maximum atomic E-state index is 11.8. The predicted octanol–water partition coefficient (Wildman–Crippen LogP) is 0.0395. The molecule has 1 aliphatic heterocycles. The molecule has 0 aliphatic carbocycles. The first-order chi connectivity index (χ1) is 10.4. The number of hydrogen-bond donors (Lipinski definition) is 0. The zero-order valence-electron chi connectivity index (χ0n) is 12.0. The number of esters is 1. The summed E-state index contributed by atoms with van der Waals surface area (Å²) in [6.45, 7) is 0.702. The molecule has 0 saturated carbocycles. The van der Waals surface area contributed by atoms with Crippen molar-refractivity contribution in [1.29, 1.82) is 0 Å². The minimum Gasteiger partial charge on any atom is -0.462 e. The fourth-order valence-electron chi connectivity index (χ4n) is 2.13. The Balaban J connectivity index is 2.34. The molecule has 0 radical (unpaired) electrons. The van der Waals surface area contributed by atoms with Crippen LogP contribution in [-0.4, -0.2) is 80.9 Å². The molecule has 1 fully saturated rings. The molecule has 0 aromatic rings. The Labute approximate surface area is 139 Å². The van der Waals surface area contributed by atoms with E-state index in [9.17, 15) is 18.0 Å². The molecule has 0 spiro atoms. The number of sulfone groups is 1. The van der Waals surface area contributed by atoms with Crippen LogP contribution in [0.1, 0.15) is 6.42 Å². The summed E-state index contributed by atoms with van der Waals surface area (Å²) in [5.74, 6) is -1.22. The highest BCUT2D eigenvalue weighted by Crippen LogP contribution is 2.18. The first kappa shape index (κ1) is 19.5. The average Bonchev–Trinajstić information content (AvgIpc) is 2.85. The van der Waals surface area contributed by atoms with Crippen molar-refractivity contribution in [2.75, 3.05) is 49.6 Å². The van der Waals surface area contributed by atoms with Crippen LogP contribution in [-0.2, 0) is 28.9 Å². The quantitative estimate of drug-likeness (QED) is 0.321. The van der Waals surface area contributed by atoms with Gasteiger partial charge in [0.15, 0.2) is 9.84 Å². The third-order valence-electron chi connectivity index (χ3n) is 3.16. The van der Waals surface area contributed by atoms with E-state index in [2.05, 4.69) is 0 Å². The highest BCUT2D eigenvalue weighted by molar-refractivity contribution is 7.91. The van der Waals surface area contributed by atoms with Crippen molar-refractivity contribution in [2.45, 2.75) is 12.5 Å². The lowest BCUT2D eigenvalue weighted by Gasteiger charge is -2.27. The topological polar surface area (TPSA) is 90.0 Å². The summed E-state index contributed by atoms with van der Waals surface area (Å²) in [5, 5.41) is 0. The fraction of sp³-hybridized carbons (Fsp3) is 0.833. The van der Waals surface area contributed by atoms with E-state index in [-0.39, 0.29) is 61.6 Å². The summed E-state index contributed by atoms with van der Waals surface area (Å²) < 4.78 is 33.0. The summed E-state index contributed by atoms with van der Waals surface area (Å²) in [6, 6.07) is -0.353. The SMILES string of the molecule is O=C(CCl)OCCOCCN(C(=O)CCl)C1CCS(=O)(=O)C1. The molecule has 1 amide bonds. The van der Waals surface area contributed by atoms with Gasteiger partial charge in [0.25, 0.3) is 0 Å². The Morgan fingerprint density at radius 2 is 1.86 bits per heavy atom. The summed E-state index contributed by atoms with van der Waals surface area (Å²) in [4.78, 5) is 24.0. The van der Waals surface area contributed by atoms with Crippen LogP contribution < -0.4 is 0 Å². The molecule has 1 rings (SSSR count). The van der Waals surface area contributed by atoms with Crippen LogP contribution in [0.2, 0.25) is 0 Å². The van der Waals surface area contributed by atoms with Crippen LogP contribution in [0.5, 0.6) is 0 Å². The lowest BCUT2D eigenvalue weighted by Crippen LogP contribution is -2.43. The number of ether oxygens (including phenoxy) is 2. The lowest BCUT2D eigenvalue weighted by atomic mass is 10.2. The second-order valence-corrected chi connectivity index (χ2v) is 7.51. The van der Waals surface area contributed by atoms with Gasteiger partial charge in [-0.25, -0.2) is 8.42 Å². The highest BCUT2D eigenvalue weighted by Gasteiger charge is 2.34. The van der Waals surface area contributed by atoms with Crippen LogP contribution in [0.3, 0.4) is 0 Å². The van der Waals surface area contributed by atoms with E-state index >= 15 is 0 Å². The van der Waals surface area contributed by atoms with Gasteiger partial charge in [0.1, 0.15) is 18.4 Å². The minimum absolute atomic E-state index is 0.0387. The van der Waals surface area contributed by atoms with Gasteiger partial charge in [-0.05, 0) is 6.42 Å². The number of hydrogen-bond acceptors (Lipinski definition) is 6. The van der Waals surface area contributed by atoms with Gasteiger partial charge in [0.2, 0.25) is 5.91 Å². The summed E-state index contributed by atoms with van der Waals surface area (Å²) >= 11 is 10.8. The molecule has 22 heavy (non-hydrogen) atoms. The molecule has 1 saturated heterocycles. The summed E-state index contributed by atoms with van der Waals surface area (Å²) in [5.41, 5.74) is 0. The van der Waals surface area contributed by atoms with Gasteiger partial charge in [-0.15, -0.1) is 23.2 Å². The van der Waals surface area contributed by atoms with Gasteiger partial charge in [-0.3, -0.25) is 9.59 Å². The lowest BCUT2D eigenvalue weighted by molar-refractivity contribution is -0.142. The minimum atomic E-state index is -3.08. The Morgan fingerprint density at radius 3 is 2.41 bits per heavy atom. The maximum absolute atomic E-state index is 11.8. The molecule has 128 valence electrons. The molecule has 0 bridgehead atoms. The van der Waals surface area contributed by atoms with Gasteiger partial charge in [-0.2, -0.15) is 0 Å². The third kappa shape index (κ3) is 6.68. The van der Waals surface area contributed by atoms with E-state index in [1.165, 1.54) is 4.90 Å². The Morgan fingerprint density at radius 1 is 1.14 bits per heavy atom. The van der Waals surface area contributed by atoms with Gasteiger partial charge in [-0.1, -0.05) is 0 Å². The molecular formula is C12H19Cl2NO6S. The first-order valence-corrected chi connectivity index (χ1v) is 9.64. The van der Waals surface area contributed by atoms with Gasteiger partial charge in [0, 0.05) is 12.6 Å². The van der Waals surface area contributed by atoms with Crippen LogP contribution in [0, 0.1) is 0 Å². The van der Waals surface area contributed by atoms with E-state index in [0.29, 0.717) is 6.42 Å². The number of amides is 1. The van der Waals surface area contributed by atoms with Crippen LogP contribution in [0.15, 0.2) is 0 Å². The van der Waals surface area contributed by atoms with E-state index in [1.807, 2.05) is 0 Å². The number of carbonyl (C=O) groups is 2. The number of carbonyl (C=O) groups excluding carboxylic acids is 2. The zero-order chi connectivity index (χ0) is 16.6. The second-order valence-electron chi connectivity index (χ2n) is 4.74. The Bertz CT molecular complexity index is 484. The molecule has 10 heteroatoms. The van der Waals surface area contributed by atoms with Crippen molar-refractivity contribution in [2.24, 2.45) is 0 Å². The van der Waals surface area contributed by atoms with Crippen LogP contribution >= 0.6 is 23.2 Å². The highest BCUT2D eigenvalue weighted by atomic mass is 35.5. The molecule has 0 aromatic heterocycles. The second kappa shape index (κ2) is 9.54. The molecule has 1 heterocycles. The van der Waals surface area contributed by atoms with Crippen molar-refractivity contribution >= 4 is 44.9 Å². The van der Waals surface area contributed by atoms with Crippen LogP contribution in [0.4, 0.5) is 0 Å². The van der Waals surface area contributed by atoms with Gasteiger partial charge in [0.05, 0.1) is 24.7 Å². The zero-order valence-corrected chi connectivity index (χ0v) is 14.3. The van der Waals surface area contributed by atoms with Gasteiger partial charge >= 0.3 is 5.97 Å². The Kier molecular flexibility index (Phi) is 8.45. The summed E-state index contributed by atoms with van der Waals surface area (Å²) in [6.07, 6.45) is 0.415. The molecule has 1 unspecified atom stereocenters. The number of nitrogens with zero attached hydrogens (tertiary/aromatic N) is 1. The van der Waals surface area contributed by atoms with Crippen molar-refractivity contribution < 1.29 is 27.5 Å². The average molecular weight is 376 g/mol. The molecule has 0 N–H and O–H groups in total. The van der Waals surface area contributed by atoms with Crippen molar-refractivity contribution in [3.63, 3.8) is 0 Å². The van der Waals surface area contributed by atoms with Crippen molar-refractivity contribution in [3.05, 3.63) is 0 Å². The van der Waals surface area contributed by atoms with E-state index in [4.69, 9.17) is 32.7 Å². The number of alkyl halides is 2. The number of halogens is 2. The van der Waals surface area contributed by atoms with E-state index < -0.39 is 15.8 Å². The smallest absolute Gasteiger partial charge is 0.320 e. The van der Waals surface area contributed by atoms with E-state index in [1.54, 1.807) is 0 Å².